The Morgan fingerprint density at radius 2 is 2.14 bits per heavy atom. The van der Waals surface area contributed by atoms with Crippen LogP contribution in [0.1, 0.15) is 21.5 Å². The van der Waals surface area contributed by atoms with Crippen molar-refractivity contribution in [1.29, 1.82) is 5.26 Å². The van der Waals surface area contributed by atoms with Gasteiger partial charge < -0.3 is 4.90 Å². The van der Waals surface area contributed by atoms with Gasteiger partial charge in [-0.2, -0.15) is 5.26 Å². The number of hydrogen-bond donors (Lipinski definition) is 0. The Morgan fingerprint density at radius 3 is 2.81 bits per heavy atom. The first-order valence-electron chi connectivity index (χ1n) is 6.07. The molecule has 2 aromatic rings. The second-order valence-corrected chi connectivity index (χ2v) is 5.24. The van der Waals surface area contributed by atoms with Crippen LogP contribution >= 0.6 is 23.2 Å². The number of amides is 1. The fourth-order valence-electron chi connectivity index (χ4n) is 1.84. The number of benzene rings is 1. The highest BCUT2D eigenvalue weighted by Gasteiger charge is 2.14. The van der Waals surface area contributed by atoms with Gasteiger partial charge in [0.05, 0.1) is 22.2 Å². The van der Waals surface area contributed by atoms with Crippen molar-refractivity contribution in [2.45, 2.75) is 6.54 Å². The predicted octanol–water partition coefficient (Wildman–Crippen LogP) is 3.53. The smallest absolute Gasteiger partial charge is 0.255 e. The maximum atomic E-state index is 12.3. The van der Waals surface area contributed by atoms with Crippen LogP contribution < -0.4 is 0 Å². The maximum absolute atomic E-state index is 12.3. The zero-order valence-corrected chi connectivity index (χ0v) is 12.7. The molecule has 1 aromatic heterocycles. The first-order valence-corrected chi connectivity index (χ1v) is 6.82. The van der Waals surface area contributed by atoms with Gasteiger partial charge in [-0.15, -0.1) is 0 Å². The third-order valence-electron chi connectivity index (χ3n) is 2.87. The molecular weight excluding hydrogens is 309 g/mol. The van der Waals surface area contributed by atoms with Crippen LogP contribution in [0, 0.1) is 11.3 Å². The molecule has 0 saturated carbocycles. The molecule has 0 N–H and O–H groups in total. The van der Waals surface area contributed by atoms with Crippen molar-refractivity contribution in [3.05, 3.63) is 63.4 Å². The largest absolute Gasteiger partial charge is 0.337 e. The van der Waals surface area contributed by atoms with Crippen LogP contribution in [0.25, 0.3) is 0 Å². The van der Waals surface area contributed by atoms with Gasteiger partial charge in [0.1, 0.15) is 5.15 Å². The lowest BCUT2D eigenvalue weighted by Crippen LogP contribution is -2.26. The predicted molar refractivity (Wildman–Crippen MR) is 81.2 cm³/mol. The van der Waals surface area contributed by atoms with E-state index >= 15 is 0 Å². The van der Waals surface area contributed by atoms with Crippen molar-refractivity contribution in [2.24, 2.45) is 0 Å². The summed E-state index contributed by atoms with van der Waals surface area (Å²) >= 11 is 11.6. The summed E-state index contributed by atoms with van der Waals surface area (Å²) in [4.78, 5) is 17.7. The minimum atomic E-state index is -0.219. The van der Waals surface area contributed by atoms with E-state index in [2.05, 4.69) is 11.1 Å². The molecule has 0 atom stereocenters. The number of rotatable bonds is 3. The highest BCUT2D eigenvalue weighted by Crippen LogP contribution is 2.20. The van der Waals surface area contributed by atoms with Crippen LogP contribution in [0.15, 0.2) is 36.5 Å². The average molecular weight is 320 g/mol. The SMILES string of the molecule is CN(Cc1cccc(C#N)c1)C(=O)c1cnc(Cl)c(Cl)c1. The van der Waals surface area contributed by atoms with E-state index in [9.17, 15) is 4.79 Å². The number of aromatic nitrogens is 1. The van der Waals surface area contributed by atoms with E-state index in [1.165, 1.54) is 17.2 Å². The lowest BCUT2D eigenvalue weighted by atomic mass is 10.1. The summed E-state index contributed by atoms with van der Waals surface area (Å²) in [6, 6.07) is 10.7. The van der Waals surface area contributed by atoms with Gasteiger partial charge in [0.15, 0.2) is 0 Å². The molecule has 0 aliphatic carbocycles. The number of hydrogen-bond acceptors (Lipinski definition) is 3. The molecule has 0 radical (unpaired) electrons. The van der Waals surface area contributed by atoms with Crippen LogP contribution in [0.3, 0.4) is 0 Å². The van der Waals surface area contributed by atoms with Gasteiger partial charge in [0, 0.05) is 19.8 Å². The fourth-order valence-corrected chi connectivity index (χ4v) is 2.11. The summed E-state index contributed by atoms with van der Waals surface area (Å²) in [5.74, 6) is -0.219. The molecule has 0 aliphatic heterocycles. The zero-order chi connectivity index (χ0) is 15.4. The van der Waals surface area contributed by atoms with Gasteiger partial charge in [-0.05, 0) is 23.8 Å². The summed E-state index contributed by atoms with van der Waals surface area (Å²) in [5, 5.41) is 9.28. The number of nitriles is 1. The summed E-state index contributed by atoms with van der Waals surface area (Å²) in [5.41, 5.74) is 1.80. The average Bonchev–Trinajstić information content (AvgIpc) is 2.49. The highest BCUT2D eigenvalue weighted by molar-refractivity contribution is 6.41. The quantitative estimate of drug-likeness (QED) is 0.813. The molecule has 2 rings (SSSR count). The molecule has 0 saturated heterocycles. The number of nitrogens with zero attached hydrogens (tertiary/aromatic N) is 3. The van der Waals surface area contributed by atoms with E-state index < -0.39 is 0 Å². The van der Waals surface area contributed by atoms with Crippen LogP contribution in [-0.4, -0.2) is 22.8 Å². The second kappa shape index (κ2) is 6.57. The molecule has 4 nitrogen and oxygen atoms in total. The minimum absolute atomic E-state index is 0.164. The Hall–Kier alpha value is -2.09. The lowest BCUT2D eigenvalue weighted by Gasteiger charge is -2.17. The molecule has 6 heteroatoms. The number of carbonyl (C=O) groups is 1. The number of halogens is 2. The van der Waals surface area contributed by atoms with Gasteiger partial charge in [-0.1, -0.05) is 35.3 Å². The van der Waals surface area contributed by atoms with Gasteiger partial charge in [-0.25, -0.2) is 4.98 Å². The molecule has 0 bridgehead atoms. The second-order valence-electron chi connectivity index (χ2n) is 4.47. The van der Waals surface area contributed by atoms with Crippen molar-refractivity contribution in [2.75, 3.05) is 7.05 Å². The molecule has 0 aliphatic rings. The van der Waals surface area contributed by atoms with Crippen molar-refractivity contribution >= 4 is 29.1 Å². The molecule has 21 heavy (non-hydrogen) atoms. The van der Waals surface area contributed by atoms with Crippen LogP contribution in [0.4, 0.5) is 0 Å². The molecule has 0 spiro atoms. The zero-order valence-electron chi connectivity index (χ0n) is 11.2. The molecule has 106 valence electrons. The fraction of sp³-hybridized carbons (Fsp3) is 0.133. The van der Waals surface area contributed by atoms with E-state index in [-0.39, 0.29) is 16.1 Å². The van der Waals surface area contributed by atoms with Crippen molar-refractivity contribution in [3.63, 3.8) is 0 Å². The first-order chi connectivity index (χ1) is 10.0. The first kappa shape index (κ1) is 15.3. The van der Waals surface area contributed by atoms with Gasteiger partial charge >= 0.3 is 0 Å². The van der Waals surface area contributed by atoms with Crippen LogP contribution in [0.2, 0.25) is 10.2 Å². The Kier molecular flexibility index (Phi) is 4.79. The monoisotopic (exact) mass is 319 g/mol. The maximum Gasteiger partial charge on any atom is 0.255 e. The van der Waals surface area contributed by atoms with Crippen molar-refractivity contribution < 1.29 is 4.79 Å². The molecule has 0 unspecified atom stereocenters. The van der Waals surface area contributed by atoms with Gasteiger partial charge in [0.2, 0.25) is 0 Å². The van der Waals surface area contributed by atoms with Gasteiger partial charge in [-0.3, -0.25) is 4.79 Å². The molecule has 1 heterocycles. The normalized spacial score (nSPS) is 10.0. The Bertz CT molecular complexity index is 725. The summed E-state index contributed by atoms with van der Waals surface area (Å²) in [7, 11) is 1.67. The molecule has 1 amide bonds. The minimum Gasteiger partial charge on any atom is -0.337 e. The van der Waals surface area contributed by atoms with Crippen LogP contribution in [-0.2, 0) is 6.54 Å². The summed E-state index contributed by atoms with van der Waals surface area (Å²) in [6.45, 7) is 0.384. The number of carbonyl (C=O) groups excluding carboxylic acids is 1. The lowest BCUT2D eigenvalue weighted by molar-refractivity contribution is 0.0784. The summed E-state index contributed by atoms with van der Waals surface area (Å²) < 4.78 is 0. The number of pyridine rings is 1. The van der Waals surface area contributed by atoms with E-state index in [1.807, 2.05) is 6.07 Å². The Labute approximate surface area is 132 Å². The van der Waals surface area contributed by atoms with Crippen molar-refractivity contribution in [1.82, 2.24) is 9.88 Å². The van der Waals surface area contributed by atoms with E-state index in [0.717, 1.165) is 5.56 Å². The van der Waals surface area contributed by atoms with E-state index in [1.54, 1.807) is 25.2 Å². The van der Waals surface area contributed by atoms with E-state index in [0.29, 0.717) is 17.7 Å². The Morgan fingerprint density at radius 1 is 1.38 bits per heavy atom. The Balaban J connectivity index is 2.15. The van der Waals surface area contributed by atoms with Crippen LogP contribution in [0.5, 0.6) is 0 Å². The topological polar surface area (TPSA) is 57.0 Å². The standard InChI is InChI=1S/C15H11Cl2N3O/c1-20(9-11-4-2-3-10(5-11)7-18)15(21)12-6-13(16)14(17)19-8-12/h2-6,8H,9H2,1H3. The molecule has 1 aromatic carbocycles. The molecule has 0 fully saturated rings. The van der Waals surface area contributed by atoms with Crippen molar-refractivity contribution in [3.8, 4) is 6.07 Å². The third-order valence-corrected chi connectivity index (χ3v) is 3.55. The van der Waals surface area contributed by atoms with Gasteiger partial charge in [0.25, 0.3) is 5.91 Å². The summed E-state index contributed by atoms with van der Waals surface area (Å²) in [6.07, 6.45) is 1.39. The third kappa shape index (κ3) is 3.72. The molecular formula is C15H11Cl2N3O. The highest BCUT2D eigenvalue weighted by atomic mass is 35.5. The van der Waals surface area contributed by atoms with E-state index in [4.69, 9.17) is 28.5 Å².